The Morgan fingerprint density at radius 2 is 1.75 bits per heavy atom. The van der Waals surface area contributed by atoms with Gasteiger partial charge in [0.2, 0.25) is 12.7 Å². The molecule has 0 spiro atoms. The zero-order valence-corrected chi connectivity index (χ0v) is 16.7. The number of benzene rings is 2. The summed E-state index contributed by atoms with van der Waals surface area (Å²) in [7, 11) is 0. The fourth-order valence-corrected chi connectivity index (χ4v) is 3.62. The zero-order valence-electron chi connectivity index (χ0n) is 15.2. The highest BCUT2D eigenvalue weighted by molar-refractivity contribution is 6.42. The number of halogens is 2. The summed E-state index contributed by atoms with van der Waals surface area (Å²) in [6.07, 6.45) is 3.36. The molecule has 2 heterocycles. The lowest BCUT2D eigenvalue weighted by Crippen LogP contribution is -2.47. The van der Waals surface area contributed by atoms with Gasteiger partial charge in [0.15, 0.2) is 11.5 Å². The van der Waals surface area contributed by atoms with E-state index in [1.807, 2.05) is 23.1 Å². The fourth-order valence-electron chi connectivity index (χ4n) is 3.31. The normalized spacial score (nSPS) is 16.7. The maximum Gasteiger partial charge on any atom is 0.246 e. The summed E-state index contributed by atoms with van der Waals surface area (Å²) in [4.78, 5) is 16.6. The highest BCUT2D eigenvalue weighted by atomic mass is 35.5. The van der Waals surface area contributed by atoms with Crippen molar-refractivity contribution in [3.05, 3.63) is 63.6 Å². The minimum atomic E-state index is 0.00815. The Labute approximate surface area is 174 Å². The van der Waals surface area contributed by atoms with E-state index in [0.29, 0.717) is 23.1 Å². The maximum atomic E-state index is 12.4. The van der Waals surface area contributed by atoms with E-state index >= 15 is 0 Å². The van der Waals surface area contributed by atoms with Gasteiger partial charge in [0.25, 0.3) is 0 Å². The number of carbonyl (C=O) groups excluding carboxylic acids is 1. The Kier molecular flexibility index (Phi) is 5.76. The lowest BCUT2D eigenvalue weighted by atomic mass is 10.1. The Hall–Kier alpha value is -2.21. The molecule has 0 unspecified atom stereocenters. The molecule has 2 aromatic rings. The molecular formula is C21H20Cl2N2O3. The Morgan fingerprint density at radius 3 is 2.54 bits per heavy atom. The first-order chi connectivity index (χ1) is 13.6. The molecule has 0 radical (unpaired) electrons. The van der Waals surface area contributed by atoms with Gasteiger partial charge in [-0.1, -0.05) is 35.3 Å². The van der Waals surface area contributed by atoms with Crippen molar-refractivity contribution in [2.45, 2.75) is 6.54 Å². The van der Waals surface area contributed by atoms with Gasteiger partial charge in [0, 0.05) is 38.8 Å². The minimum Gasteiger partial charge on any atom is -0.454 e. The van der Waals surface area contributed by atoms with E-state index in [2.05, 4.69) is 11.0 Å². The van der Waals surface area contributed by atoms with Crippen molar-refractivity contribution < 1.29 is 14.3 Å². The van der Waals surface area contributed by atoms with Gasteiger partial charge in [0.05, 0.1) is 10.0 Å². The molecule has 1 fully saturated rings. The van der Waals surface area contributed by atoms with Gasteiger partial charge in [-0.3, -0.25) is 9.69 Å². The van der Waals surface area contributed by atoms with E-state index in [9.17, 15) is 4.79 Å². The molecule has 2 aromatic carbocycles. The van der Waals surface area contributed by atoms with Gasteiger partial charge < -0.3 is 14.4 Å². The molecule has 0 bridgehead atoms. The van der Waals surface area contributed by atoms with E-state index in [1.165, 1.54) is 5.56 Å². The van der Waals surface area contributed by atoms with Crippen LogP contribution in [0.2, 0.25) is 10.0 Å². The molecule has 28 heavy (non-hydrogen) atoms. The van der Waals surface area contributed by atoms with E-state index < -0.39 is 0 Å². The number of piperazine rings is 1. The Morgan fingerprint density at radius 1 is 0.964 bits per heavy atom. The van der Waals surface area contributed by atoms with Gasteiger partial charge in [0.1, 0.15) is 0 Å². The van der Waals surface area contributed by atoms with Gasteiger partial charge in [-0.05, 0) is 41.5 Å². The number of carbonyl (C=O) groups is 1. The number of amides is 1. The monoisotopic (exact) mass is 418 g/mol. The first-order valence-corrected chi connectivity index (χ1v) is 9.87. The fraction of sp³-hybridized carbons (Fsp3) is 0.286. The lowest BCUT2D eigenvalue weighted by molar-refractivity contribution is -0.127. The molecule has 0 saturated carbocycles. The highest BCUT2D eigenvalue weighted by Crippen LogP contribution is 2.32. The molecule has 0 aromatic heterocycles. The topological polar surface area (TPSA) is 42.0 Å². The predicted octanol–water partition coefficient (Wildman–Crippen LogP) is 4.08. The molecule has 0 atom stereocenters. The summed E-state index contributed by atoms with van der Waals surface area (Å²) in [6, 6.07) is 11.3. The Bertz CT molecular complexity index is 909. The molecule has 2 aliphatic heterocycles. The van der Waals surface area contributed by atoms with Crippen molar-refractivity contribution in [2.24, 2.45) is 0 Å². The maximum absolute atomic E-state index is 12.4. The number of hydrogen-bond acceptors (Lipinski definition) is 4. The summed E-state index contributed by atoms with van der Waals surface area (Å²) in [6.45, 7) is 4.19. The van der Waals surface area contributed by atoms with Crippen LogP contribution < -0.4 is 9.47 Å². The third kappa shape index (κ3) is 4.43. The van der Waals surface area contributed by atoms with E-state index in [1.54, 1.807) is 24.3 Å². The summed E-state index contributed by atoms with van der Waals surface area (Å²) < 4.78 is 10.8. The second-order valence-corrected chi connectivity index (χ2v) is 7.61. The molecule has 0 aliphatic carbocycles. The molecular weight excluding hydrogens is 399 g/mol. The molecule has 5 nitrogen and oxygen atoms in total. The summed E-state index contributed by atoms with van der Waals surface area (Å²) in [5.41, 5.74) is 2.03. The van der Waals surface area contributed by atoms with Crippen LogP contribution in [0, 0.1) is 0 Å². The summed E-state index contributed by atoms with van der Waals surface area (Å²) >= 11 is 11.9. The van der Waals surface area contributed by atoms with E-state index in [-0.39, 0.29) is 12.7 Å². The van der Waals surface area contributed by atoms with Crippen molar-refractivity contribution in [2.75, 3.05) is 33.0 Å². The second kappa shape index (κ2) is 8.43. The van der Waals surface area contributed by atoms with Gasteiger partial charge in [-0.25, -0.2) is 0 Å². The lowest BCUT2D eigenvalue weighted by Gasteiger charge is -2.34. The minimum absolute atomic E-state index is 0.00815. The summed E-state index contributed by atoms with van der Waals surface area (Å²) in [5, 5.41) is 0.983. The van der Waals surface area contributed by atoms with Crippen molar-refractivity contribution in [3.8, 4) is 11.5 Å². The van der Waals surface area contributed by atoms with Crippen LogP contribution in [-0.4, -0.2) is 48.7 Å². The molecule has 1 amide bonds. The summed E-state index contributed by atoms with van der Waals surface area (Å²) in [5.74, 6) is 1.61. The van der Waals surface area contributed by atoms with E-state index in [4.69, 9.17) is 32.7 Å². The van der Waals surface area contributed by atoms with Gasteiger partial charge in [-0.2, -0.15) is 0 Å². The van der Waals surface area contributed by atoms with Crippen LogP contribution in [-0.2, 0) is 11.3 Å². The number of hydrogen-bond donors (Lipinski definition) is 0. The smallest absolute Gasteiger partial charge is 0.246 e. The third-order valence-corrected chi connectivity index (χ3v) is 5.63. The van der Waals surface area contributed by atoms with E-state index in [0.717, 1.165) is 36.7 Å². The number of rotatable bonds is 4. The first kappa shape index (κ1) is 19.1. The highest BCUT2D eigenvalue weighted by Gasteiger charge is 2.20. The van der Waals surface area contributed by atoms with Crippen molar-refractivity contribution in [3.63, 3.8) is 0 Å². The molecule has 1 saturated heterocycles. The number of ether oxygens (including phenoxy) is 2. The quantitative estimate of drug-likeness (QED) is 0.701. The van der Waals surface area contributed by atoms with Crippen molar-refractivity contribution in [1.29, 1.82) is 0 Å². The molecule has 7 heteroatoms. The van der Waals surface area contributed by atoms with Crippen LogP contribution in [0.25, 0.3) is 6.08 Å². The predicted molar refractivity (Wildman–Crippen MR) is 110 cm³/mol. The van der Waals surface area contributed by atoms with Gasteiger partial charge in [-0.15, -0.1) is 0 Å². The molecule has 146 valence electrons. The van der Waals surface area contributed by atoms with Crippen LogP contribution in [0.15, 0.2) is 42.5 Å². The average molecular weight is 419 g/mol. The number of fused-ring (bicyclic) bond motifs is 1. The number of nitrogens with zero attached hydrogens (tertiary/aromatic N) is 2. The second-order valence-electron chi connectivity index (χ2n) is 6.80. The molecule has 4 rings (SSSR count). The van der Waals surface area contributed by atoms with Crippen molar-refractivity contribution in [1.82, 2.24) is 9.80 Å². The van der Waals surface area contributed by atoms with Crippen LogP contribution in [0.3, 0.4) is 0 Å². The van der Waals surface area contributed by atoms with Crippen molar-refractivity contribution >= 4 is 35.2 Å². The SMILES string of the molecule is O=C(/C=C/c1ccc(Cl)c(Cl)c1)N1CCN(Cc2ccc3c(c2)OCO3)CC1. The average Bonchev–Trinajstić information content (AvgIpc) is 3.17. The molecule has 0 N–H and O–H groups in total. The third-order valence-electron chi connectivity index (χ3n) is 4.89. The zero-order chi connectivity index (χ0) is 19.5. The van der Waals surface area contributed by atoms with Gasteiger partial charge >= 0.3 is 0 Å². The first-order valence-electron chi connectivity index (χ1n) is 9.11. The van der Waals surface area contributed by atoms with Crippen LogP contribution in [0.4, 0.5) is 0 Å². The van der Waals surface area contributed by atoms with Crippen LogP contribution in [0.1, 0.15) is 11.1 Å². The largest absolute Gasteiger partial charge is 0.454 e. The standard InChI is InChI=1S/C21H20Cl2N2O3/c22-17-4-1-15(11-18(17)23)3-6-21(26)25-9-7-24(8-10-25)13-16-2-5-19-20(12-16)28-14-27-19/h1-6,11-12H,7-10,13-14H2/b6-3+. The molecule has 2 aliphatic rings. The Balaban J connectivity index is 1.29. The van der Waals surface area contributed by atoms with Crippen LogP contribution >= 0.6 is 23.2 Å². The van der Waals surface area contributed by atoms with Crippen LogP contribution in [0.5, 0.6) is 11.5 Å².